The molecule has 5 rings (SSSR count). The Morgan fingerprint density at radius 1 is 1.08 bits per heavy atom. The molecule has 0 bridgehead atoms. The Balaban J connectivity index is 1.39. The highest BCUT2D eigenvalue weighted by Crippen LogP contribution is 2.33. The third-order valence-electron chi connectivity index (χ3n) is 6.54. The van der Waals surface area contributed by atoms with Crippen molar-refractivity contribution in [2.75, 3.05) is 24.5 Å². The van der Waals surface area contributed by atoms with Crippen LogP contribution >= 0.6 is 0 Å². The van der Waals surface area contributed by atoms with E-state index in [1.807, 2.05) is 30.0 Å². The van der Waals surface area contributed by atoms with Crippen molar-refractivity contribution >= 4 is 28.4 Å². The summed E-state index contributed by atoms with van der Waals surface area (Å²) in [7, 11) is 0. The molecule has 7 nitrogen and oxygen atoms in total. The van der Waals surface area contributed by atoms with Gasteiger partial charge in [-0.3, -0.25) is 9.59 Å². The van der Waals surface area contributed by atoms with E-state index in [-0.39, 0.29) is 17.5 Å². The second kappa shape index (κ2) is 8.85. The fraction of sp³-hybridized carbons (Fsp3) is 0.269. The third kappa shape index (κ3) is 4.34. The van der Waals surface area contributed by atoms with Gasteiger partial charge < -0.3 is 19.8 Å². The lowest BCUT2D eigenvalue weighted by Gasteiger charge is -2.40. The first-order chi connectivity index (χ1) is 17.1. The highest BCUT2D eigenvalue weighted by molar-refractivity contribution is 6.10. The number of nitrogens with zero attached hydrogens (tertiary/aromatic N) is 3. The molecular formula is C26H24F3N5O2. The smallest absolute Gasteiger partial charge is 0.368 e. The summed E-state index contributed by atoms with van der Waals surface area (Å²) in [6, 6.07) is 12.2. The van der Waals surface area contributed by atoms with Crippen LogP contribution in [0.25, 0.3) is 22.6 Å². The van der Waals surface area contributed by atoms with E-state index in [0.717, 1.165) is 23.8 Å². The second-order valence-corrected chi connectivity index (χ2v) is 8.97. The highest BCUT2D eigenvalue weighted by atomic mass is 19.4. The summed E-state index contributed by atoms with van der Waals surface area (Å²) in [6.07, 6.45) is -3.24. The molecule has 1 saturated heterocycles. The van der Waals surface area contributed by atoms with Gasteiger partial charge in [0.1, 0.15) is 0 Å². The van der Waals surface area contributed by atoms with Crippen LogP contribution in [0.4, 0.5) is 18.9 Å². The number of aromatic amines is 2. The minimum Gasteiger partial charge on any atom is -0.368 e. The monoisotopic (exact) mass is 495 g/mol. The standard InChI is InChI=1S/C26H24F3N5O2/c1-15-14-33(9-10-34(15)16(2)35)18-7-8-21-22(12-18)32-25(31-21)23-11-17(13-30-23)24(36)19-5-3-4-6-20(19)26(27,28)29/h3-8,11-13,15,30H,9-10,14H2,1-2H3,(H,31,32)/t15-/m1/s1. The molecule has 3 heterocycles. The van der Waals surface area contributed by atoms with Crippen molar-refractivity contribution in [3.05, 3.63) is 71.4 Å². The van der Waals surface area contributed by atoms with Gasteiger partial charge in [0.2, 0.25) is 5.91 Å². The van der Waals surface area contributed by atoms with Gasteiger partial charge >= 0.3 is 6.18 Å². The Morgan fingerprint density at radius 3 is 2.58 bits per heavy atom. The number of hydrogen-bond acceptors (Lipinski definition) is 4. The predicted octanol–water partition coefficient (Wildman–Crippen LogP) is 4.86. The van der Waals surface area contributed by atoms with Crippen LogP contribution in [0.1, 0.15) is 35.3 Å². The largest absolute Gasteiger partial charge is 0.417 e. The zero-order valence-electron chi connectivity index (χ0n) is 19.7. The van der Waals surface area contributed by atoms with E-state index in [1.165, 1.54) is 30.5 Å². The van der Waals surface area contributed by atoms with Crippen LogP contribution in [0.2, 0.25) is 0 Å². The minimum atomic E-state index is -4.63. The van der Waals surface area contributed by atoms with Crippen molar-refractivity contribution in [1.82, 2.24) is 19.9 Å². The van der Waals surface area contributed by atoms with Gasteiger partial charge in [0.25, 0.3) is 0 Å². The fourth-order valence-corrected chi connectivity index (χ4v) is 4.73. The number of benzene rings is 2. The lowest BCUT2D eigenvalue weighted by Crippen LogP contribution is -2.53. The number of carbonyl (C=O) groups excluding carboxylic acids is 2. The maximum atomic E-state index is 13.4. The van der Waals surface area contributed by atoms with Gasteiger partial charge in [-0.25, -0.2) is 4.98 Å². The zero-order chi connectivity index (χ0) is 25.6. The number of H-pyrrole nitrogens is 2. The Morgan fingerprint density at radius 2 is 1.86 bits per heavy atom. The summed E-state index contributed by atoms with van der Waals surface area (Å²) in [5.74, 6) is -0.177. The summed E-state index contributed by atoms with van der Waals surface area (Å²) >= 11 is 0. The topological polar surface area (TPSA) is 85.1 Å². The molecule has 0 unspecified atom stereocenters. The number of piperazine rings is 1. The average Bonchev–Trinajstić information content (AvgIpc) is 3.49. The molecule has 0 radical (unpaired) electrons. The molecule has 36 heavy (non-hydrogen) atoms. The van der Waals surface area contributed by atoms with Gasteiger partial charge in [-0.2, -0.15) is 13.2 Å². The zero-order valence-corrected chi connectivity index (χ0v) is 19.7. The van der Waals surface area contributed by atoms with Crippen LogP contribution in [0.5, 0.6) is 0 Å². The Kier molecular flexibility index (Phi) is 5.82. The van der Waals surface area contributed by atoms with E-state index in [0.29, 0.717) is 30.1 Å². The Hall–Kier alpha value is -4.08. The van der Waals surface area contributed by atoms with Crippen LogP contribution < -0.4 is 4.90 Å². The summed E-state index contributed by atoms with van der Waals surface area (Å²) in [6.45, 7) is 5.70. The number of alkyl halides is 3. The normalized spacial score (nSPS) is 16.5. The predicted molar refractivity (Wildman–Crippen MR) is 130 cm³/mol. The van der Waals surface area contributed by atoms with Crippen molar-refractivity contribution in [3.63, 3.8) is 0 Å². The first kappa shape index (κ1) is 23.7. The van der Waals surface area contributed by atoms with Crippen molar-refractivity contribution in [3.8, 4) is 11.5 Å². The summed E-state index contributed by atoms with van der Waals surface area (Å²) in [4.78, 5) is 39.5. The van der Waals surface area contributed by atoms with E-state index in [2.05, 4.69) is 19.9 Å². The first-order valence-corrected chi connectivity index (χ1v) is 11.5. The van der Waals surface area contributed by atoms with Crippen molar-refractivity contribution < 1.29 is 22.8 Å². The SMILES string of the molecule is CC(=O)N1CCN(c2ccc3nc(-c4cc(C(=O)c5ccccc5C(F)(F)F)c[nH]4)[nH]c3c2)C[C@H]1C. The Labute approximate surface area is 204 Å². The lowest BCUT2D eigenvalue weighted by molar-refractivity contribution is -0.138. The molecule has 1 aliphatic heterocycles. The number of amides is 1. The van der Waals surface area contributed by atoms with E-state index < -0.39 is 23.1 Å². The van der Waals surface area contributed by atoms with Crippen LogP contribution in [0.15, 0.2) is 54.7 Å². The molecule has 4 aromatic rings. The number of rotatable bonds is 4. The number of imidazole rings is 1. The van der Waals surface area contributed by atoms with E-state index in [1.54, 1.807) is 6.92 Å². The first-order valence-electron chi connectivity index (χ1n) is 11.5. The second-order valence-electron chi connectivity index (χ2n) is 8.97. The van der Waals surface area contributed by atoms with Crippen molar-refractivity contribution in [2.24, 2.45) is 0 Å². The number of fused-ring (bicyclic) bond motifs is 1. The fourth-order valence-electron chi connectivity index (χ4n) is 4.73. The van der Waals surface area contributed by atoms with Crippen LogP contribution in [0, 0.1) is 0 Å². The highest BCUT2D eigenvalue weighted by Gasteiger charge is 2.35. The summed E-state index contributed by atoms with van der Waals surface area (Å²) in [5.41, 5.74) is 1.74. The Bertz CT molecular complexity index is 1460. The molecule has 1 aliphatic rings. The van der Waals surface area contributed by atoms with Gasteiger partial charge in [0.15, 0.2) is 11.6 Å². The number of hydrogen-bond donors (Lipinski definition) is 2. The third-order valence-corrected chi connectivity index (χ3v) is 6.54. The molecular weight excluding hydrogens is 471 g/mol. The van der Waals surface area contributed by atoms with Crippen LogP contribution in [-0.4, -0.2) is 57.2 Å². The number of carbonyl (C=O) groups is 2. The molecule has 2 aromatic heterocycles. The molecule has 0 saturated carbocycles. The molecule has 0 aliphatic carbocycles. The van der Waals surface area contributed by atoms with Gasteiger partial charge in [-0.1, -0.05) is 18.2 Å². The molecule has 1 fully saturated rings. The number of ketones is 1. The van der Waals surface area contributed by atoms with Crippen molar-refractivity contribution in [1.29, 1.82) is 0 Å². The molecule has 0 spiro atoms. The quantitative estimate of drug-likeness (QED) is 0.396. The van der Waals surface area contributed by atoms with Gasteiger partial charge in [0.05, 0.1) is 22.3 Å². The minimum absolute atomic E-state index is 0.0708. The molecule has 1 amide bonds. The number of nitrogens with one attached hydrogen (secondary N) is 2. The number of anilines is 1. The molecule has 10 heteroatoms. The molecule has 1 atom stereocenters. The number of halogens is 3. The summed E-state index contributed by atoms with van der Waals surface area (Å²) in [5, 5.41) is 0. The van der Waals surface area contributed by atoms with Crippen molar-refractivity contribution in [2.45, 2.75) is 26.1 Å². The van der Waals surface area contributed by atoms with Gasteiger partial charge in [-0.15, -0.1) is 0 Å². The average molecular weight is 496 g/mol. The maximum absolute atomic E-state index is 13.4. The van der Waals surface area contributed by atoms with E-state index in [4.69, 9.17) is 0 Å². The van der Waals surface area contributed by atoms with E-state index in [9.17, 15) is 22.8 Å². The molecule has 2 N–H and O–H groups in total. The maximum Gasteiger partial charge on any atom is 0.417 e. The van der Waals surface area contributed by atoms with Crippen LogP contribution in [-0.2, 0) is 11.0 Å². The number of aromatic nitrogens is 3. The van der Waals surface area contributed by atoms with Gasteiger partial charge in [-0.05, 0) is 37.3 Å². The van der Waals surface area contributed by atoms with Gasteiger partial charge in [0, 0.05) is 55.6 Å². The van der Waals surface area contributed by atoms with E-state index >= 15 is 0 Å². The molecule has 2 aromatic carbocycles. The lowest BCUT2D eigenvalue weighted by atomic mass is 9.99. The van der Waals surface area contributed by atoms with Crippen LogP contribution in [0.3, 0.4) is 0 Å². The summed E-state index contributed by atoms with van der Waals surface area (Å²) < 4.78 is 40.1. The molecule has 186 valence electrons.